The van der Waals surface area contributed by atoms with Gasteiger partial charge < -0.3 is 4.57 Å². The van der Waals surface area contributed by atoms with Crippen molar-refractivity contribution in [1.29, 1.82) is 0 Å². The highest BCUT2D eigenvalue weighted by Crippen LogP contribution is 2.23. The molecular formula is C19H18BrN3O3S2. The summed E-state index contributed by atoms with van der Waals surface area (Å²) in [5.74, 6) is -0.397. The number of fused-ring (bicyclic) bond motifs is 1. The lowest BCUT2D eigenvalue weighted by molar-refractivity contribution is 0.0998. The average Bonchev–Trinajstić information content (AvgIpc) is 3.31. The van der Waals surface area contributed by atoms with Crippen molar-refractivity contribution in [2.24, 2.45) is 12.0 Å². The Morgan fingerprint density at radius 2 is 1.79 bits per heavy atom. The van der Waals surface area contributed by atoms with Crippen LogP contribution in [0, 0.1) is 0 Å². The zero-order valence-corrected chi connectivity index (χ0v) is 18.3. The summed E-state index contributed by atoms with van der Waals surface area (Å²) in [5, 5.41) is 0. The number of carbonyl (C=O) groups is 1. The summed E-state index contributed by atoms with van der Waals surface area (Å²) in [6, 6.07) is 11.9. The topological polar surface area (TPSA) is 71.7 Å². The smallest absolute Gasteiger partial charge is 0.279 e. The van der Waals surface area contributed by atoms with Crippen molar-refractivity contribution in [2.75, 3.05) is 13.1 Å². The van der Waals surface area contributed by atoms with Gasteiger partial charge in [0.1, 0.15) is 0 Å². The molecule has 1 amide bonds. The van der Waals surface area contributed by atoms with Gasteiger partial charge in [-0.1, -0.05) is 27.3 Å². The number of benzene rings is 2. The van der Waals surface area contributed by atoms with Crippen LogP contribution in [0.4, 0.5) is 0 Å². The minimum absolute atomic E-state index is 0.211. The molecule has 2 aromatic carbocycles. The lowest BCUT2D eigenvalue weighted by atomic mass is 10.2. The highest BCUT2D eigenvalue weighted by atomic mass is 79.9. The fourth-order valence-corrected chi connectivity index (χ4v) is 6.30. The zero-order valence-electron chi connectivity index (χ0n) is 15.1. The van der Waals surface area contributed by atoms with Gasteiger partial charge in [-0.25, -0.2) is 8.42 Å². The third kappa shape index (κ3) is 3.59. The number of sulfonamides is 1. The van der Waals surface area contributed by atoms with Crippen LogP contribution in [0.3, 0.4) is 0 Å². The van der Waals surface area contributed by atoms with E-state index in [0.717, 1.165) is 27.5 Å². The van der Waals surface area contributed by atoms with E-state index >= 15 is 0 Å². The first-order valence-corrected chi connectivity index (χ1v) is 11.9. The Morgan fingerprint density at radius 3 is 2.46 bits per heavy atom. The van der Waals surface area contributed by atoms with Crippen molar-refractivity contribution >= 4 is 53.4 Å². The van der Waals surface area contributed by atoms with E-state index in [4.69, 9.17) is 0 Å². The minimum atomic E-state index is -3.48. The largest absolute Gasteiger partial charge is 0.319 e. The molecule has 1 aliphatic rings. The molecule has 0 saturated carbocycles. The van der Waals surface area contributed by atoms with Gasteiger partial charge in [0.25, 0.3) is 5.91 Å². The fourth-order valence-electron chi connectivity index (χ4n) is 3.21. The molecule has 2 heterocycles. The van der Waals surface area contributed by atoms with Gasteiger partial charge in [0, 0.05) is 30.2 Å². The molecule has 1 aromatic heterocycles. The first kappa shape index (κ1) is 19.5. The van der Waals surface area contributed by atoms with Gasteiger partial charge >= 0.3 is 0 Å². The minimum Gasteiger partial charge on any atom is -0.319 e. The van der Waals surface area contributed by atoms with Crippen molar-refractivity contribution in [3.05, 3.63) is 57.3 Å². The molecule has 146 valence electrons. The molecule has 6 nitrogen and oxygen atoms in total. The number of nitrogens with zero attached hydrogens (tertiary/aromatic N) is 3. The maximum atomic E-state index is 12.6. The molecule has 1 aliphatic heterocycles. The fraction of sp³-hybridized carbons (Fsp3) is 0.263. The number of halogens is 1. The van der Waals surface area contributed by atoms with Crippen molar-refractivity contribution in [3.63, 3.8) is 0 Å². The van der Waals surface area contributed by atoms with Crippen LogP contribution >= 0.6 is 27.3 Å². The molecule has 4 rings (SSSR count). The number of rotatable bonds is 3. The normalized spacial score (nSPS) is 16.1. The molecule has 1 fully saturated rings. The highest BCUT2D eigenvalue weighted by molar-refractivity contribution is 9.10. The van der Waals surface area contributed by atoms with Crippen LogP contribution in [0.2, 0.25) is 0 Å². The van der Waals surface area contributed by atoms with Crippen molar-refractivity contribution < 1.29 is 13.2 Å². The average molecular weight is 480 g/mol. The molecule has 9 heteroatoms. The van der Waals surface area contributed by atoms with Gasteiger partial charge in [-0.05, 0) is 55.3 Å². The quantitative estimate of drug-likeness (QED) is 0.576. The second-order valence-corrected chi connectivity index (χ2v) is 10.5. The van der Waals surface area contributed by atoms with Gasteiger partial charge in [0.2, 0.25) is 10.0 Å². The van der Waals surface area contributed by atoms with Gasteiger partial charge in [0.05, 0.1) is 15.1 Å². The summed E-state index contributed by atoms with van der Waals surface area (Å²) < 4.78 is 30.5. The predicted octanol–water partition coefficient (Wildman–Crippen LogP) is 3.53. The Kier molecular flexibility index (Phi) is 5.26. The van der Waals surface area contributed by atoms with Crippen molar-refractivity contribution in [2.45, 2.75) is 17.7 Å². The van der Waals surface area contributed by atoms with E-state index in [1.54, 1.807) is 0 Å². The maximum Gasteiger partial charge on any atom is 0.279 e. The summed E-state index contributed by atoms with van der Waals surface area (Å²) in [6.07, 6.45) is 1.77. The van der Waals surface area contributed by atoms with Crippen LogP contribution in [0.25, 0.3) is 10.2 Å². The van der Waals surface area contributed by atoms with E-state index in [9.17, 15) is 13.2 Å². The first-order valence-electron chi connectivity index (χ1n) is 8.80. The van der Waals surface area contributed by atoms with Crippen LogP contribution in [0.1, 0.15) is 23.2 Å². The maximum absolute atomic E-state index is 12.6. The lowest BCUT2D eigenvalue weighted by Gasteiger charge is -2.15. The Morgan fingerprint density at radius 1 is 1.11 bits per heavy atom. The molecule has 1 saturated heterocycles. The molecule has 0 atom stereocenters. The third-order valence-corrected chi connectivity index (χ3v) is 8.27. The van der Waals surface area contributed by atoms with Crippen LogP contribution in [-0.2, 0) is 17.1 Å². The van der Waals surface area contributed by atoms with E-state index < -0.39 is 15.9 Å². The van der Waals surface area contributed by atoms with Gasteiger partial charge in [-0.3, -0.25) is 4.79 Å². The molecule has 28 heavy (non-hydrogen) atoms. The standard InChI is InChI=1S/C19H18BrN3O3S2/c1-22-16-9-6-14(20)12-17(16)27-19(22)21-18(24)13-4-7-15(8-5-13)28(25,26)23-10-2-3-11-23/h4-9,12H,2-3,10-11H2,1H3. The summed E-state index contributed by atoms with van der Waals surface area (Å²) >= 11 is 4.88. The monoisotopic (exact) mass is 479 g/mol. The van der Waals surface area contributed by atoms with E-state index in [1.807, 2.05) is 29.8 Å². The van der Waals surface area contributed by atoms with Crippen molar-refractivity contribution in [3.8, 4) is 0 Å². The van der Waals surface area contributed by atoms with Crippen LogP contribution in [0.5, 0.6) is 0 Å². The van der Waals surface area contributed by atoms with Crippen LogP contribution in [-0.4, -0.2) is 36.3 Å². The Balaban J connectivity index is 1.64. The Labute approximate surface area is 175 Å². The molecule has 0 aliphatic carbocycles. The summed E-state index contributed by atoms with van der Waals surface area (Å²) in [7, 11) is -1.62. The van der Waals surface area contributed by atoms with E-state index in [1.165, 1.54) is 39.9 Å². The van der Waals surface area contributed by atoms with E-state index in [0.29, 0.717) is 23.5 Å². The predicted molar refractivity (Wildman–Crippen MR) is 113 cm³/mol. The lowest BCUT2D eigenvalue weighted by Crippen LogP contribution is -2.27. The van der Waals surface area contributed by atoms with Crippen LogP contribution < -0.4 is 4.80 Å². The van der Waals surface area contributed by atoms with E-state index in [-0.39, 0.29) is 4.90 Å². The van der Waals surface area contributed by atoms with Crippen LogP contribution in [0.15, 0.2) is 56.8 Å². The van der Waals surface area contributed by atoms with Gasteiger partial charge in [0.15, 0.2) is 4.80 Å². The number of hydrogen-bond donors (Lipinski definition) is 0. The first-order chi connectivity index (χ1) is 13.4. The summed E-state index contributed by atoms with van der Waals surface area (Å²) in [5.41, 5.74) is 1.35. The molecule has 3 aromatic rings. The molecule has 0 unspecified atom stereocenters. The SMILES string of the molecule is Cn1c(=NC(=O)c2ccc(S(=O)(=O)N3CCCC3)cc2)sc2cc(Br)ccc21. The molecule has 0 radical (unpaired) electrons. The second-order valence-electron chi connectivity index (χ2n) is 6.61. The van der Waals surface area contributed by atoms with Crippen molar-refractivity contribution in [1.82, 2.24) is 8.87 Å². The van der Waals surface area contributed by atoms with E-state index in [2.05, 4.69) is 20.9 Å². The number of thiazole rings is 1. The Bertz CT molecular complexity index is 1220. The highest BCUT2D eigenvalue weighted by Gasteiger charge is 2.27. The summed E-state index contributed by atoms with van der Waals surface area (Å²) in [4.78, 5) is 17.6. The molecule has 0 N–H and O–H groups in total. The third-order valence-electron chi connectivity index (χ3n) is 4.77. The molecule has 0 bridgehead atoms. The summed E-state index contributed by atoms with van der Waals surface area (Å²) in [6.45, 7) is 1.10. The molecule has 0 spiro atoms. The zero-order chi connectivity index (χ0) is 19.9. The number of aryl methyl sites for hydroxylation is 1. The number of carbonyl (C=O) groups excluding carboxylic acids is 1. The Hall–Kier alpha value is -1.81. The van der Waals surface area contributed by atoms with Gasteiger partial charge in [-0.2, -0.15) is 9.30 Å². The number of hydrogen-bond acceptors (Lipinski definition) is 4. The number of aromatic nitrogens is 1. The van der Waals surface area contributed by atoms with Gasteiger partial charge in [-0.15, -0.1) is 0 Å². The number of amides is 1. The molecular weight excluding hydrogens is 462 g/mol. The second kappa shape index (κ2) is 7.55.